The molecule has 4 heteroatoms. The molecular weight excluding hydrogens is 202 g/mol. The molecule has 1 amide bonds. The number of amides is 1. The van der Waals surface area contributed by atoms with Gasteiger partial charge in [-0.05, 0) is 40.2 Å². The Morgan fingerprint density at radius 3 is 2.62 bits per heavy atom. The molecule has 1 aliphatic rings. The van der Waals surface area contributed by atoms with Crippen LogP contribution in [0.15, 0.2) is 0 Å². The Morgan fingerprint density at radius 2 is 2.12 bits per heavy atom. The molecule has 1 saturated heterocycles. The number of likely N-dealkylation sites (tertiary alicyclic amines) is 1. The normalized spacial score (nSPS) is 24.1. The molecule has 2 unspecified atom stereocenters. The van der Waals surface area contributed by atoms with Crippen LogP contribution in [-0.4, -0.2) is 54.0 Å². The van der Waals surface area contributed by atoms with Crippen molar-refractivity contribution in [2.45, 2.75) is 45.7 Å². The van der Waals surface area contributed by atoms with Gasteiger partial charge in [0, 0.05) is 25.7 Å². The largest absolute Gasteiger partial charge is 0.342 e. The van der Waals surface area contributed by atoms with Crippen LogP contribution in [0.3, 0.4) is 0 Å². The van der Waals surface area contributed by atoms with E-state index in [1.54, 1.807) is 0 Å². The first-order chi connectivity index (χ1) is 7.60. The zero-order valence-electron chi connectivity index (χ0n) is 10.8. The average molecular weight is 227 g/mol. The molecule has 0 radical (unpaired) electrons. The van der Waals surface area contributed by atoms with Gasteiger partial charge in [-0.3, -0.25) is 9.69 Å². The summed E-state index contributed by atoms with van der Waals surface area (Å²) in [6, 6.07) is 0.215. The van der Waals surface area contributed by atoms with E-state index in [4.69, 9.17) is 5.73 Å². The van der Waals surface area contributed by atoms with Crippen molar-refractivity contribution in [3.05, 3.63) is 0 Å². The van der Waals surface area contributed by atoms with Gasteiger partial charge in [-0.25, -0.2) is 0 Å². The Labute approximate surface area is 98.8 Å². The van der Waals surface area contributed by atoms with Crippen LogP contribution in [-0.2, 0) is 4.79 Å². The second kappa shape index (κ2) is 6.21. The molecule has 0 bridgehead atoms. The maximum absolute atomic E-state index is 12.2. The Kier molecular flexibility index (Phi) is 5.22. The molecule has 2 N–H and O–H groups in total. The summed E-state index contributed by atoms with van der Waals surface area (Å²) in [5.74, 6) is 0.235. The van der Waals surface area contributed by atoms with Gasteiger partial charge in [0.1, 0.15) is 0 Å². The van der Waals surface area contributed by atoms with Crippen LogP contribution in [0.1, 0.15) is 33.6 Å². The number of carbonyl (C=O) groups excluding carboxylic acids is 1. The van der Waals surface area contributed by atoms with E-state index in [1.165, 1.54) is 0 Å². The van der Waals surface area contributed by atoms with Gasteiger partial charge in [-0.15, -0.1) is 0 Å². The highest BCUT2D eigenvalue weighted by molar-refractivity contribution is 5.81. The van der Waals surface area contributed by atoms with E-state index in [1.807, 2.05) is 25.7 Å². The van der Waals surface area contributed by atoms with Gasteiger partial charge < -0.3 is 10.6 Å². The van der Waals surface area contributed by atoms with E-state index < -0.39 is 0 Å². The molecule has 1 aliphatic heterocycles. The first-order valence-corrected chi connectivity index (χ1v) is 6.38. The minimum absolute atomic E-state index is 0.0220. The number of rotatable bonds is 4. The third-order valence-electron chi connectivity index (χ3n) is 3.47. The zero-order chi connectivity index (χ0) is 12.1. The smallest absolute Gasteiger partial charge is 0.239 e. The minimum Gasteiger partial charge on any atom is -0.342 e. The number of hydrogen-bond donors (Lipinski definition) is 1. The predicted molar refractivity (Wildman–Crippen MR) is 66.2 cm³/mol. The molecule has 0 spiro atoms. The van der Waals surface area contributed by atoms with Crippen LogP contribution in [0.4, 0.5) is 0 Å². The van der Waals surface area contributed by atoms with Gasteiger partial charge in [-0.1, -0.05) is 0 Å². The van der Waals surface area contributed by atoms with Gasteiger partial charge >= 0.3 is 0 Å². The molecule has 0 aliphatic carbocycles. The van der Waals surface area contributed by atoms with Crippen LogP contribution in [0.2, 0.25) is 0 Å². The van der Waals surface area contributed by atoms with E-state index in [9.17, 15) is 4.79 Å². The van der Waals surface area contributed by atoms with Gasteiger partial charge in [0.25, 0.3) is 0 Å². The second-order valence-electron chi connectivity index (χ2n) is 4.58. The van der Waals surface area contributed by atoms with Crippen molar-refractivity contribution < 1.29 is 4.79 Å². The van der Waals surface area contributed by atoms with Gasteiger partial charge in [0.05, 0.1) is 6.04 Å². The molecule has 0 aromatic heterocycles. The highest BCUT2D eigenvalue weighted by atomic mass is 16.2. The Bertz CT molecular complexity index is 228. The number of nitrogens with zero attached hydrogens (tertiary/aromatic N) is 2. The summed E-state index contributed by atoms with van der Waals surface area (Å²) in [5, 5.41) is 0. The van der Waals surface area contributed by atoms with Crippen LogP contribution < -0.4 is 5.73 Å². The minimum atomic E-state index is -0.0220. The van der Waals surface area contributed by atoms with Crippen molar-refractivity contribution in [1.29, 1.82) is 0 Å². The molecular formula is C12H25N3O. The highest BCUT2D eigenvalue weighted by Gasteiger charge is 2.27. The summed E-state index contributed by atoms with van der Waals surface area (Å²) >= 11 is 0. The van der Waals surface area contributed by atoms with Crippen LogP contribution in [0.25, 0.3) is 0 Å². The summed E-state index contributed by atoms with van der Waals surface area (Å²) in [6.45, 7) is 9.49. The summed E-state index contributed by atoms with van der Waals surface area (Å²) in [7, 11) is 0. The Hall–Kier alpha value is -0.610. The maximum atomic E-state index is 12.2. The molecule has 16 heavy (non-hydrogen) atoms. The van der Waals surface area contributed by atoms with Crippen LogP contribution >= 0.6 is 0 Å². The topological polar surface area (TPSA) is 49.6 Å². The fourth-order valence-corrected chi connectivity index (χ4v) is 2.35. The molecule has 0 aromatic rings. The number of hydrogen-bond acceptors (Lipinski definition) is 3. The maximum Gasteiger partial charge on any atom is 0.239 e. The summed E-state index contributed by atoms with van der Waals surface area (Å²) in [5.41, 5.74) is 5.94. The van der Waals surface area contributed by atoms with Crippen molar-refractivity contribution in [1.82, 2.24) is 9.80 Å². The van der Waals surface area contributed by atoms with E-state index in [0.717, 1.165) is 39.0 Å². The molecule has 1 heterocycles. The molecule has 1 rings (SSSR count). The van der Waals surface area contributed by atoms with Crippen molar-refractivity contribution in [3.8, 4) is 0 Å². The van der Waals surface area contributed by atoms with Crippen molar-refractivity contribution in [2.24, 2.45) is 5.73 Å². The number of carbonyl (C=O) groups is 1. The van der Waals surface area contributed by atoms with Gasteiger partial charge in [-0.2, -0.15) is 0 Å². The number of piperidine rings is 1. The Balaban J connectivity index is 2.55. The molecule has 1 fully saturated rings. The predicted octanol–water partition coefficient (Wildman–Crippen LogP) is 0.666. The van der Waals surface area contributed by atoms with Crippen LogP contribution in [0.5, 0.6) is 0 Å². The highest BCUT2D eigenvalue weighted by Crippen LogP contribution is 2.13. The molecule has 4 nitrogen and oxygen atoms in total. The summed E-state index contributed by atoms with van der Waals surface area (Å²) in [6.07, 6.45) is 2.19. The SMILES string of the molecule is CCN(CC)C(=O)C(C)N1CCCC(N)C1. The third kappa shape index (κ3) is 3.19. The Morgan fingerprint density at radius 1 is 1.50 bits per heavy atom. The fraction of sp³-hybridized carbons (Fsp3) is 0.917. The van der Waals surface area contributed by atoms with E-state index in [-0.39, 0.29) is 18.0 Å². The van der Waals surface area contributed by atoms with Crippen molar-refractivity contribution >= 4 is 5.91 Å². The first kappa shape index (κ1) is 13.5. The number of likely N-dealkylation sites (N-methyl/N-ethyl adjacent to an activating group) is 1. The first-order valence-electron chi connectivity index (χ1n) is 6.38. The van der Waals surface area contributed by atoms with Gasteiger partial charge in [0.2, 0.25) is 5.91 Å². The lowest BCUT2D eigenvalue weighted by atomic mass is 10.0. The summed E-state index contributed by atoms with van der Waals surface area (Å²) in [4.78, 5) is 16.3. The van der Waals surface area contributed by atoms with Gasteiger partial charge in [0.15, 0.2) is 0 Å². The van der Waals surface area contributed by atoms with Crippen molar-refractivity contribution in [2.75, 3.05) is 26.2 Å². The summed E-state index contributed by atoms with van der Waals surface area (Å²) < 4.78 is 0. The zero-order valence-corrected chi connectivity index (χ0v) is 10.8. The molecule has 0 saturated carbocycles. The quantitative estimate of drug-likeness (QED) is 0.768. The monoisotopic (exact) mass is 227 g/mol. The molecule has 2 atom stereocenters. The lowest BCUT2D eigenvalue weighted by Gasteiger charge is -2.36. The van der Waals surface area contributed by atoms with E-state index in [2.05, 4.69) is 4.90 Å². The standard InChI is InChI=1S/C12H25N3O/c1-4-14(5-2)12(16)10(3)15-8-6-7-11(13)9-15/h10-11H,4-9,13H2,1-3H3. The second-order valence-corrected chi connectivity index (χ2v) is 4.58. The van der Waals surface area contributed by atoms with Crippen molar-refractivity contribution in [3.63, 3.8) is 0 Å². The van der Waals surface area contributed by atoms with E-state index >= 15 is 0 Å². The number of nitrogens with two attached hydrogens (primary N) is 1. The third-order valence-corrected chi connectivity index (χ3v) is 3.47. The van der Waals surface area contributed by atoms with E-state index in [0.29, 0.717) is 0 Å². The van der Waals surface area contributed by atoms with Crippen LogP contribution in [0, 0.1) is 0 Å². The fourth-order valence-electron chi connectivity index (χ4n) is 2.35. The molecule has 0 aromatic carbocycles. The lowest BCUT2D eigenvalue weighted by molar-refractivity contribution is -0.136. The lowest BCUT2D eigenvalue weighted by Crippen LogP contribution is -2.52. The average Bonchev–Trinajstić information content (AvgIpc) is 2.29. The molecule has 94 valence electrons.